The maximum atomic E-state index is 13.0. The van der Waals surface area contributed by atoms with Crippen molar-refractivity contribution in [1.82, 2.24) is 5.32 Å². The van der Waals surface area contributed by atoms with E-state index in [2.05, 4.69) is 5.32 Å². The number of carbonyl (C=O) groups is 2. The highest BCUT2D eigenvalue weighted by Gasteiger charge is 2.47. The predicted molar refractivity (Wildman–Crippen MR) is 82.5 cm³/mol. The molecule has 1 N–H and O–H groups in total. The number of nitrogens with zero attached hydrogens (tertiary/aromatic N) is 2. The Bertz CT molecular complexity index is 675. The van der Waals surface area contributed by atoms with Crippen molar-refractivity contribution >= 4 is 23.4 Å². The number of halogens is 1. The van der Waals surface area contributed by atoms with Gasteiger partial charge in [0.1, 0.15) is 12.3 Å². The van der Waals surface area contributed by atoms with Crippen molar-refractivity contribution in [3.63, 3.8) is 0 Å². The van der Waals surface area contributed by atoms with E-state index in [1.807, 2.05) is 23.1 Å². The number of ether oxygens (including phenoxy) is 1. The van der Waals surface area contributed by atoms with E-state index < -0.39 is 6.17 Å². The van der Waals surface area contributed by atoms with Gasteiger partial charge in [-0.2, -0.15) is 0 Å². The van der Waals surface area contributed by atoms with Gasteiger partial charge in [-0.25, -0.2) is 9.18 Å². The molecule has 0 spiro atoms. The van der Waals surface area contributed by atoms with Crippen molar-refractivity contribution < 1.29 is 18.7 Å². The Morgan fingerprint density at radius 3 is 2.91 bits per heavy atom. The minimum absolute atomic E-state index is 0.0927. The van der Waals surface area contributed by atoms with Crippen LogP contribution in [0, 0.1) is 0 Å². The Morgan fingerprint density at radius 1 is 1.43 bits per heavy atom. The average molecular weight is 319 g/mol. The first kappa shape index (κ1) is 14.3. The van der Waals surface area contributed by atoms with E-state index >= 15 is 0 Å². The minimum Gasteiger partial charge on any atom is -0.442 e. The lowest BCUT2D eigenvalue weighted by molar-refractivity contribution is -0.119. The lowest BCUT2D eigenvalue weighted by Gasteiger charge is -2.36. The lowest BCUT2D eigenvalue weighted by atomic mass is 10.0. The Labute approximate surface area is 133 Å². The maximum Gasteiger partial charge on any atom is 0.415 e. The maximum absolute atomic E-state index is 13.0. The summed E-state index contributed by atoms with van der Waals surface area (Å²) in [5, 5.41) is 2.71. The van der Waals surface area contributed by atoms with E-state index in [0.717, 1.165) is 16.9 Å². The number of rotatable bonds is 3. The predicted octanol–water partition coefficient (Wildman–Crippen LogP) is 1.23. The molecule has 0 aromatic heterocycles. The zero-order valence-electron chi connectivity index (χ0n) is 12.8. The number of benzene rings is 1. The molecular weight excluding hydrogens is 301 g/mol. The summed E-state index contributed by atoms with van der Waals surface area (Å²) in [6.45, 7) is 2.62. The highest BCUT2D eigenvalue weighted by atomic mass is 19.1. The molecule has 2 saturated heterocycles. The number of hydrogen-bond donors (Lipinski definition) is 1. The molecule has 0 radical (unpaired) electrons. The fourth-order valence-corrected chi connectivity index (χ4v) is 3.52. The summed E-state index contributed by atoms with van der Waals surface area (Å²) in [5.74, 6) is -0.143. The highest BCUT2D eigenvalue weighted by Crippen LogP contribution is 2.40. The van der Waals surface area contributed by atoms with E-state index in [-0.39, 0.29) is 24.1 Å². The van der Waals surface area contributed by atoms with Crippen LogP contribution in [0.15, 0.2) is 18.2 Å². The van der Waals surface area contributed by atoms with Crippen LogP contribution in [0.4, 0.5) is 20.6 Å². The van der Waals surface area contributed by atoms with Gasteiger partial charge < -0.3 is 15.0 Å². The van der Waals surface area contributed by atoms with Crippen LogP contribution in [0.5, 0.6) is 0 Å². The third-order valence-electron chi connectivity index (χ3n) is 4.72. The molecule has 23 heavy (non-hydrogen) atoms. The van der Waals surface area contributed by atoms with Crippen molar-refractivity contribution in [2.24, 2.45) is 0 Å². The third-order valence-corrected chi connectivity index (χ3v) is 4.72. The van der Waals surface area contributed by atoms with Crippen LogP contribution >= 0.6 is 0 Å². The highest BCUT2D eigenvalue weighted by molar-refractivity contribution is 5.94. The van der Waals surface area contributed by atoms with Crippen LogP contribution in [-0.4, -0.2) is 50.0 Å². The Morgan fingerprint density at radius 2 is 2.22 bits per heavy atom. The summed E-state index contributed by atoms with van der Waals surface area (Å²) in [6.07, 6.45) is -0.777. The number of hydrogen-bond acceptors (Lipinski definition) is 4. The molecule has 0 bridgehead atoms. The molecular formula is C16H18FN3O3. The number of carbonyl (C=O) groups excluding carboxylic acids is 2. The van der Waals surface area contributed by atoms with Gasteiger partial charge in [0.25, 0.3) is 0 Å². The van der Waals surface area contributed by atoms with Crippen LogP contribution < -0.4 is 15.1 Å². The van der Waals surface area contributed by atoms with Crippen molar-refractivity contribution in [2.45, 2.75) is 31.7 Å². The molecule has 3 aliphatic rings. The van der Waals surface area contributed by atoms with E-state index in [1.165, 1.54) is 6.92 Å². The number of alkyl halides is 1. The van der Waals surface area contributed by atoms with Gasteiger partial charge >= 0.3 is 6.09 Å². The molecule has 6 nitrogen and oxygen atoms in total. The first-order chi connectivity index (χ1) is 11.0. The molecule has 1 aromatic rings. The molecule has 2 amide bonds. The number of nitrogens with one attached hydrogen (secondary N) is 1. The first-order valence-electron chi connectivity index (χ1n) is 7.79. The summed E-state index contributed by atoms with van der Waals surface area (Å²) in [6, 6.07) is 5.76. The summed E-state index contributed by atoms with van der Waals surface area (Å²) in [7, 11) is 0. The molecule has 0 aliphatic carbocycles. The second-order valence-corrected chi connectivity index (χ2v) is 6.32. The Hall–Kier alpha value is -2.31. The third kappa shape index (κ3) is 2.31. The van der Waals surface area contributed by atoms with Gasteiger partial charge in [-0.1, -0.05) is 0 Å². The zero-order chi connectivity index (χ0) is 16.1. The molecule has 7 heteroatoms. The second kappa shape index (κ2) is 5.11. The fraction of sp³-hybridized carbons (Fsp3) is 0.500. The lowest BCUT2D eigenvalue weighted by Crippen LogP contribution is -2.48. The quantitative estimate of drug-likeness (QED) is 0.910. The van der Waals surface area contributed by atoms with Crippen LogP contribution in [0.1, 0.15) is 12.5 Å². The molecule has 4 rings (SSSR count). The first-order valence-corrected chi connectivity index (χ1v) is 7.79. The van der Waals surface area contributed by atoms with E-state index in [1.54, 1.807) is 4.90 Å². The van der Waals surface area contributed by atoms with Crippen LogP contribution in [0.25, 0.3) is 0 Å². The topological polar surface area (TPSA) is 61.9 Å². The van der Waals surface area contributed by atoms with Gasteiger partial charge in [0.2, 0.25) is 5.91 Å². The minimum atomic E-state index is -0.747. The largest absolute Gasteiger partial charge is 0.442 e. The van der Waals surface area contributed by atoms with Gasteiger partial charge in [0.15, 0.2) is 0 Å². The zero-order valence-corrected chi connectivity index (χ0v) is 12.8. The molecule has 2 fully saturated rings. The molecule has 3 heterocycles. The number of amides is 2. The van der Waals surface area contributed by atoms with Gasteiger partial charge in [-0.15, -0.1) is 0 Å². The van der Waals surface area contributed by atoms with Crippen LogP contribution in [0.3, 0.4) is 0 Å². The van der Waals surface area contributed by atoms with Crippen molar-refractivity contribution in [3.8, 4) is 0 Å². The van der Waals surface area contributed by atoms with E-state index in [9.17, 15) is 14.0 Å². The molecule has 1 aromatic carbocycles. The van der Waals surface area contributed by atoms with Gasteiger partial charge in [-0.3, -0.25) is 9.69 Å². The van der Waals surface area contributed by atoms with Gasteiger partial charge in [0, 0.05) is 12.6 Å². The standard InChI is InChI=1S/C16H18FN3O3/c1-9(21)18-6-15-14-5-10-4-12(19-7-11(17)8-19)2-3-13(10)20(14)16(22)23-15/h2-4,11,14-15H,5-8H2,1H3,(H,18,21)/t14-,15-/m0/s1. The fourth-order valence-electron chi connectivity index (χ4n) is 3.52. The van der Waals surface area contributed by atoms with Gasteiger partial charge in [-0.05, 0) is 30.2 Å². The summed E-state index contributed by atoms with van der Waals surface area (Å²) in [4.78, 5) is 26.9. The Kier molecular flexibility index (Phi) is 3.18. The van der Waals surface area contributed by atoms with E-state index in [4.69, 9.17) is 4.74 Å². The van der Waals surface area contributed by atoms with Crippen molar-refractivity contribution in [2.75, 3.05) is 29.4 Å². The monoisotopic (exact) mass is 319 g/mol. The summed E-state index contributed by atoms with van der Waals surface area (Å²) >= 11 is 0. The molecule has 2 atom stereocenters. The average Bonchev–Trinajstić information content (AvgIpc) is 2.99. The van der Waals surface area contributed by atoms with Crippen LogP contribution in [0.2, 0.25) is 0 Å². The van der Waals surface area contributed by atoms with Crippen molar-refractivity contribution in [1.29, 1.82) is 0 Å². The summed E-state index contributed by atoms with van der Waals surface area (Å²) < 4.78 is 18.4. The molecule has 122 valence electrons. The normalized spacial score (nSPS) is 25.7. The summed E-state index contributed by atoms with van der Waals surface area (Å²) in [5.41, 5.74) is 2.91. The van der Waals surface area contributed by atoms with Gasteiger partial charge in [0.05, 0.1) is 31.4 Å². The molecule has 0 saturated carbocycles. The molecule has 0 unspecified atom stereocenters. The number of cyclic esters (lactones) is 1. The van der Waals surface area contributed by atoms with Crippen LogP contribution in [-0.2, 0) is 16.0 Å². The van der Waals surface area contributed by atoms with E-state index in [0.29, 0.717) is 26.1 Å². The molecule has 3 aliphatic heterocycles. The van der Waals surface area contributed by atoms with Crippen molar-refractivity contribution in [3.05, 3.63) is 23.8 Å². The second-order valence-electron chi connectivity index (χ2n) is 6.32. The number of anilines is 2. The Balaban J connectivity index is 1.54. The number of fused-ring (bicyclic) bond motifs is 3. The SMILES string of the molecule is CC(=O)NC[C@@H]1OC(=O)N2c3ccc(N4CC(F)C4)cc3C[C@@H]12. The smallest absolute Gasteiger partial charge is 0.415 e.